The minimum absolute atomic E-state index is 0.417. The van der Waals surface area contributed by atoms with E-state index in [0.717, 1.165) is 30.3 Å². The molecule has 1 heterocycles. The van der Waals surface area contributed by atoms with E-state index in [1.807, 2.05) is 5.32 Å². The number of nitrogens with zero attached hydrogens (tertiary/aromatic N) is 1. The van der Waals surface area contributed by atoms with E-state index in [9.17, 15) is 28.5 Å². The summed E-state index contributed by atoms with van der Waals surface area (Å²) in [6.45, 7) is -0.816. The summed E-state index contributed by atoms with van der Waals surface area (Å²) < 4.78 is 35.4. The maximum atomic E-state index is 13.3. The third kappa shape index (κ3) is 4.09. The smallest absolute Gasteiger partial charge is 0.433 e. The second kappa shape index (κ2) is 6.64. The van der Waals surface area contributed by atoms with Crippen LogP contribution in [-0.4, -0.2) is 23.4 Å². The molecule has 0 aliphatic carbocycles. The molecule has 1 aromatic heterocycles. The van der Waals surface area contributed by atoms with Gasteiger partial charge < -0.3 is 14.5 Å². The first-order valence-electron chi connectivity index (χ1n) is 6.03. The lowest BCUT2D eigenvalue weighted by Crippen LogP contribution is -2.21. The summed E-state index contributed by atoms with van der Waals surface area (Å²) in [6, 6.07) is 4.39. The van der Waals surface area contributed by atoms with Gasteiger partial charge in [0.2, 0.25) is 5.76 Å². The van der Waals surface area contributed by atoms with Gasteiger partial charge in [-0.2, -0.15) is 0 Å². The molecule has 0 spiro atoms. The van der Waals surface area contributed by atoms with E-state index in [1.165, 1.54) is 0 Å². The molecule has 1 aromatic carbocycles. The lowest BCUT2D eigenvalue weighted by molar-refractivity contribution is -0.402. The van der Waals surface area contributed by atoms with Gasteiger partial charge in [0.15, 0.2) is 6.61 Å². The van der Waals surface area contributed by atoms with Crippen LogP contribution in [0.25, 0.3) is 0 Å². The molecule has 0 aliphatic rings. The van der Waals surface area contributed by atoms with Gasteiger partial charge in [0.25, 0.3) is 5.91 Å². The van der Waals surface area contributed by atoms with Crippen molar-refractivity contribution in [1.29, 1.82) is 0 Å². The molecule has 2 rings (SSSR count). The molecule has 0 unspecified atom stereocenters. The number of hydrogen-bond donors (Lipinski definition) is 1. The summed E-state index contributed by atoms with van der Waals surface area (Å²) in [4.78, 5) is 32.6. The molecule has 120 valence electrons. The molecule has 10 heteroatoms. The minimum Gasteiger partial charge on any atom is -0.450 e. The maximum absolute atomic E-state index is 13.3. The zero-order valence-electron chi connectivity index (χ0n) is 11.2. The topological polar surface area (TPSA) is 112 Å². The van der Waals surface area contributed by atoms with Crippen molar-refractivity contribution in [2.45, 2.75) is 0 Å². The number of amides is 1. The van der Waals surface area contributed by atoms with Gasteiger partial charge in [0, 0.05) is 6.07 Å². The van der Waals surface area contributed by atoms with Gasteiger partial charge >= 0.3 is 11.9 Å². The fourth-order valence-electron chi connectivity index (χ4n) is 1.52. The van der Waals surface area contributed by atoms with Crippen LogP contribution >= 0.6 is 0 Å². The number of carbonyl (C=O) groups is 2. The normalized spacial score (nSPS) is 10.2. The van der Waals surface area contributed by atoms with Crippen LogP contribution in [0.2, 0.25) is 0 Å². The molecule has 0 fully saturated rings. The van der Waals surface area contributed by atoms with E-state index in [-0.39, 0.29) is 0 Å². The lowest BCUT2D eigenvalue weighted by Gasteiger charge is -2.06. The maximum Gasteiger partial charge on any atom is 0.433 e. The molecule has 0 atom stereocenters. The van der Waals surface area contributed by atoms with Crippen LogP contribution in [0.15, 0.2) is 34.7 Å². The van der Waals surface area contributed by atoms with E-state index in [4.69, 9.17) is 0 Å². The monoisotopic (exact) mass is 326 g/mol. The van der Waals surface area contributed by atoms with Crippen molar-refractivity contribution in [3.63, 3.8) is 0 Å². The summed E-state index contributed by atoms with van der Waals surface area (Å²) in [6.07, 6.45) is 0. The van der Waals surface area contributed by atoms with Gasteiger partial charge in [-0.05, 0) is 18.2 Å². The third-order valence-electron chi connectivity index (χ3n) is 2.51. The number of esters is 1. The highest BCUT2D eigenvalue weighted by Gasteiger charge is 2.19. The molecule has 1 N–H and O–H groups in total. The molecule has 2 aromatic rings. The van der Waals surface area contributed by atoms with Crippen molar-refractivity contribution >= 4 is 23.4 Å². The Hall–Kier alpha value is -3.30. The number of carbonyl (C=O) groups excluding carboxylic acids is 2. The molecule has 1 amide bonds. The van der Waals surface area contributed by atoms with Gasteiger partial charge in [-0.25, -0.2) is 13.6 Å². The van der Waals surface area contributed by atoms with Crippen LogP contribution in [0, 0.1) is 21.7 Å². The summed E-state index contributed by atoms with van der Waals surface area (Å²) in [5, 5.41) is 12.4. The van der Waals surface area contributed by atoms with E-state index >= 15 is 0 Å². The van der Waals surface area contributed by atoms with Crippen LogP contribution in [0.4, 0.5) is 20.4 Å². The summed E-state index contributed by atoms with van der Waals surface area (Å²) in [5.74, 6) is -4.81. The Morgan fingerprint density at radius 1 is 1.26 bits per heavy atom. The van der Waals surface area contributed by atoms with Crippen LogP contribution in [0.5, 0.6) is 0 Å². The summed E-state index contributed by atoms with van der Waals surface area (Å²) >= 11 is 0. The largest absolute Gasteiger partial charge is 0.450 e. The third-order valence-corrected chi connectivity index (χ3v) is 2.51. The average molecular weight is 326 g/mol. The predicted octanol–water partition coefficient (Wildman–Crippen LogP) is 2.26. The summed E-state index contributed by atoms with van der Waals surface area (Å²) in [7, 11) is 0. The highest BCUT2D eigenvalue weighted by Crippen LogP contribution is 2.17. The van der Waals surface area contributed by atoms with Gasteiger partial charge in [-0.1, -0.05) is 0 Å². The van der Waals surface area contributed by atoms with Gasteiger partial charge in [0.05, 0.1) is 11.8 Å². The number of rotatable bonds is 5. The number of furan rings is 1. The van der Waals surface area contributed by atoms with Crippen molar-refractivity contribution in [2.24, 2.45) is 0 Å². The molecule has 0 aliphatic heterocycles. The van der Waals surface area contributed by atoms with Crippen molar-refractivity contribution in [2.75, 3.05) is 11.9 Å². The second-order valence-corrected chi connectivity index (χ2v) is 4.14. The lowest BCUT2D eigenvalue weighted by atomic mass is 10.3. The fraction of sp³-hybridized carbons (Fsp3) is 0.0769. The summed E-state index contributed by atoms with van der Waals surface area (Å²) in [5.41, 5.74) is -0.417. The predicted molar refractivity (Wildman–Crippen MR) is 70.6 cm³/mol. The number of anilines is 1. The van der Waals surface area contributed by atoms with Crippen molar-refractivity contribution < 1.29 is 32.4 Å². The molecule has 23 heavy (non-hydrogen) atoms. The average Bonchev–Trinajstić information content (AvgIpc) is 2.99. The van der Waals surface area contributed by atoms with Crippen LogP contribution < -0.4 is 5.32 Å². The molecular weight excluding hydrogens is 318 g/mol. The highest BCUT2D eigenvalue weighted by atomic mass is 19.1. The quantitative estimate of drug-likeness (QED) is 0.512. The first-order valence-corrected chi connectivity index (χ1v) is 6.03. The van der Waals surface area contributed by atoms with E-state index in [1.54, 1.807) is 0 Å². The molecular formula is C13H8F2N2O6. The number of nitro groups is 1. The van der Waals surface area contributed by atoms with Gasteiger partial charge in [-0.15, -0.1) is 0 Å². The molecule has 8 nitrogen and oxygen atoms in total. The van der Waals surface area contributed by atoms with Crippen LogP contribution in [0.3, 0.4) is 0 Å². The molecule has 0 radical (unpaired) electrons. The number of nitrogens with one attached hydrogen (secondary N) is 1. The molecule has 0 bridgehead atoms. The Morgan fingerprint density at radius 2 is 2.00 bits per heavy atom. The van der Waals surface area contributed by atoms with Crippen molar-refractivity contribution in [3.8, 4) is 0 Å². The van der Waals surface area contributed by atoms with Gasteiger partial charge in [-0.3, -0.25) is 14.9 Å². The zero-order chi connectivity index (χ0) is 17.0. The molecule has 0 saturated heterocycles. The highest BCUT2D eigenvalue weighted by molar-refractivity contribution is 5.94. The fourth-order valence-corrected chi connectivity index (χ4v) is 1.52. The SMILES string of the molecule is O=C(COC(=O)c1ccc([N+](=O)[O-])o1)Nc1cc(F)ccc1F. The Morgan fingerprint density at radius 3 is 2.65 bits per heavy atom. The van der Waals surface area contributed by atoms with E-state index in [2.05, 4.69) is 9.15 Å². The minimum atomic E-state index is -1.12. The van der Waals surface area contributed by atoms with Crippen LogP contribution in [0.1, 0.15) is 10.6 Å². The Labute approximate surface area is 126 Å². The number of ether oxygens (including phenoxy) is 1. The zero-order valence-corrected chi connectivity index (χ0v) is 11.2. The first kappa shape index (κ1) is 16.1. The first-order chi connectivity index (χ1) is 10.9. The van der Waals surface area contributed by atoms with Crippen molar-refractivity contribution in [3.05, 3.63) is 57.8 Å². The number of hydrogen-bond acceptors (Lipinski definition) is 6. The second-order valence-electron chi connectivity index (χ2n) is 4.14. The van der Waals surface area contributed by atoms with E-state index < -0.39 is 52.4 Å². The standard InChI is InChI=1S/C13H8F2N2O6/c14-7-1-2-8(15)9(5-7)16-11(18)6-22-13(19)10-3-4-12(23-10)17(20)21/h1-5H,6H2,(H,16,18). The number of halogens is 2. The Balaban J connectivity index is 1.92. The van der Waals surface area contributed by atoms with Crippen molar-refractivity contribution in [1.82, 2.24) is 0 Å². The van der Waals surface area contributed by atoms with E-state index in [0.29, 0.717) is 0 Å². The Bertz CT molecular complexity index is 774. The number of benzene rings is 1. The van der Waals surface area contributed by atoms with Crippen LogP contribution in [-0.2, 0) is 9.53 Å². The Kier molecular flexibility index (Phi) is 4.64. The van der Waals surface area contributed by atoms with Gasteiger partial charge in [0.1, 0.15) is 16.6 Å². The molecule has 0 saturated carbocycles.